The lowest BCUT2D eigenvalue weighted by molar-refractivity contribution is -0.134. The fraction of sp³-hybridized carbons (Fsp3) is 0.414. The van der Waals surface area contributed by atoms with Crippen molar-refractivity contribution in [3.05, 3.63) is 77.2 Å². The zero-order valence-electron chi connectivity index (χ0n) is 20.7. The van der Waals surface area contributed by atoms with E-state index in [2.05, 4.69) is 52.8 Å². The predicted molar refractivity (Wildman–Crippen MR) is 137 cm³/mol. The van der Waals surface area contributed by atoms with Gasteiger partial charge in [-0.2, -0.15) is 0 Å². The molecule has 1 saturated heterocycles. The van der Waals surface area contributed by atoms with E-state index < -0.39 is 5.97 Å². The number of benzene rings is 2. The van der Waals surface area contributed by atoms with E-state index in [1.54, 1.807) is 7.11 Å². The molecule has 1 N–H and O–H groups in total. The third-order valence-electron chi connectivity index (χ3n) is 7.94. The summed E-state index contributed by atoms with van der Waals surface area (Å²) in [6, 6.07) is 17.0. The van der Waals surface area contributed by atoms with Crippen molar-refractivity contribution in [1.82, 2.24) is 9.47 Å². The molecule has 0 bridgehead atoms. The van der Waals surface area contributed by atoms with Crippen molar-refractivity contribution in [3.8, 4) is 5.75 Å². The fourth-order valence-corrected chi connectivity index (χ4v) is 6.35. The fourth-order valence-electron chi connectivity index (χ4n) is 6.35. The molecule has 6 nitrogen and oxygen atoms in total. The topological polar surface area (TPSA) is 63.9 Å². The second-order valence-electron chi connectivity index (χ2n) is 9.68. The summed E-state index contributed by atoms with van der Waals surface area (Å²) < 4.78 is 13.5. The molecule has 3 atom stereocenters. The molecule has 0 spiro atoms. The maximum Gasteiger partial charge on any atom is 0.334 e. The van der Waals surface area contributed by atoms with Crippen LogP contribution in [0.1, 0.15) is 42.6 Å². The summed E-state index contributed by atoms with van der Waals surface area (Å²) in [6.07, 6.45) is 4.11. The molecule has 0 unspecified atom stereocenters. The van der Waals surface area contributed by atoms with E-state index in [4.69, 9.17) is 9.47 Å². The average molecular weight is 475 g/mol. The maximum atomic E-state index is 12.2. The normalized spacial score (nSPS) is 22.5. The van der Waals surface area contributed by atoms with Crippen LogP contribution < -0.4 is 4.74 Å². The lowest BCUT2D eigenvalue weighted by Crippen LogP contribution is -2.47. The number of fused-ring (bicyclic) bond motifs is 5. The van der Waals surface area contributed by atoms with Crippen LogP contribution in [0.25, 0.3) is 10.9 Å². The van der Waals surface area contributed by atoms with E-state index in [1.807, 2.05) is 12.1 Å². The van der Waals surface area contributed by atoms with Crippen LogP contribution in [-0.2, 0) is 22.5 Å². The summed E-state index contributed by atoms with van der Waals surface area (Å²) >= 11 is 0. The Bertz CT molecular complexity index is 1250. The van der Waals surface area contributed by atoms with Crippen molar-refractivity contribution in [1.29, 1.82) is 0 Å². The van der Waals surface area contributed by atoms with Crippen molar-refractivity contribution in [2.75, 3.05) is 27.3 Å². The smallest absolute Gasteiger partial charge is 0.334 e. The van der Waals surface area contributed by atoms with E-state index >= 15 is 0 Å². The molecular weight excluding hydrogens is 440 g/mol. The summed E-state index contributed by atoms with van der Waals surface area (Å²) in [5.41, 5.74) is 5.46. The molecule has 184 valence electrons. The number of hydrogen-bond acceptors (Lipinski definition) is 4. The summed E-state index contributed by atoms with van der Waals surface area (Å²) in [5.74, 6) is 0.246. The average Bonchev–Trinajstić information content (AvgIpc) is 3.20. The van der Waals surface area contributed by atoms with Gasteiger partial charge in [-0.15, -0.1) is 0 Å². The standard InChI is InChI=1S/C29H34N2O4/c1-4-20-17-30-14-13-21-27-24(11-8-12-26(27)35-3)31(16-19-9-6-5-7-10-19)28(21)25(30)15-22(20)23(18-34-2)29(32)33/h5-12,18,20,22,25H,4,13-17H2,1-3H3,(H,32,33)/b23-18+/t20-,22+,25+/m1/s1. The summed E-state index contributed by atoms with van der Waals surface area (Å²) in [4.78, 5) is 14.8. The van der Waals surface area contributed by atoms with Gasteiger partial charge in [0, 0.05) is 30.7 Å². The maximum absolute atomic E-state index is 12.2. The molecule has 0 aliphatic carbocycles. The molecule has 0 amide bonds. The van der Waals surface area contributed by atoms with Gasteiger partial charge in [0.25, 0.3) is 0 Å². The quantitative estimate of drug-likeness (QED) is 0.374. The highest BCUT2D eigenvalue weighted by atomic mass is 16.5. The molecule has 1 fully saturated rings. The van der Waals surface area contributed by atoms with E-state index in [0.717, 1.165) is 44.6 Å². The second kappa shape index (κ2) is 9.78. The molecule has 0 saturated carbocycles. The summed E-state index contributed by atoms with van der Waals surface area (Å²) in [5, 5.41) is 11.2. The van der Waals surface area contributed by atoms with Gasteiger partial charge < -0.3 is 19.1 Å². The number of aromatic nitrogens is 1. The lowest BCUT2D eigenvalue weighted by atomic mass is 9.74. The molecule has 2 aliphatic rings. The number of methoxy groups -OCH3 is 2. The summed E-state index contributed by atoms with van der Waals surface area (Å²) in [6.45, 7) is 4.80. The number of rotatable bonds is 7. The van der Waals surface area contributed by atoms with Gasteiger partial charge in [0.2, 0.25) is 0 Å². The Morgan fingerprint density at radius 2 is 1.94 bits per heavy atom. The summed E-state index contributed by atoms with van der Waals surface area (Å²) in [7, 11) is 3.27. The highest BCUT2D eigenvalue weighted by molar-refractivity contribution is 5.92. The number of nitrogens with zero attached hydrogens (tertiary/aromatic N) is 2. The molecule has 2 aliphatic heterocycles. The van der Waals surface area contributed by atoms with Crippen molar-refractivity contribution in [3.63, 3.8) is 0 Å². The first kappa shape index (κ1) is 23.5. The van der Waals surface area contributed by atoms with Gasteiger partial charge in [-0.25, -0.2) is 4.79 Å². The van der Waals surface area contributed by atoms with Gasteiger partial charge in [-0.3, -0.25) is 4.90 Å². The van der Waals surface area contributed by atoms with Crippen LogP contribution in [0.3, 0.4) is 0 Å². The molecule has 1 aromatic heterocycles. The Labute approximate surface area is 206 Å². The second-order valence-corrected chi connectivity index (χ2v) is 9.68. The number of hydrogen-bond donors (Lipinski definition) is 1. The number of aliphatic carboxylic acids is 1. The van der Waals surface area contributed by atoms with Crippen LogP contribution in [0.2, 0.25) is 0 Å². The minimum Gasteiger partial charge on any atom is -0.504 e. The Morgan fingerprint density at radius 1 is 1.14 bits per heavy atom. The zero-order valence-corrected chi connectivity index (χ0v) is 20.7. The largest absolute Gasteiger partial charge is 0.504 e. The highest BCUT2D eigenvalue weighted by Crippen LogP contribution is 2.48. The first-order valence-electron chi connectivity index (χ1n) is 12.5. The van der Waals surface area contributed by atoms with Crippen LogP contribution in [-0.4, -0.2) is 47.9 Å². The number of carboxylic acid groups (broad SMARTS) is 1. The zero-order chi connectivity index (χ0) is 24.5. The SMILES string of the molecule is CC[C@@H]1CN2CCc3c(n(Cc4ccccc4)c4cccc(OC)c34)[C@@H]2C[C@@H]1/C(=C\OC)C(=O)O. The van der Waals surface area contributed by atoms with Gasteiger partial charge in [0.1, 0.15) is 5.75 Å². The molecule has 2 aromatic carbocycles. The van der Waals surface area contributed by atoms with E-state index in [1.165, 1.54) is 41.1 Å². The molecule has 3 aromatic rings. The van der Waals surface area contributed by atoms with Crippen molar-refractivity contribution < 1.29 is 19.4 Å². The van der Waals surface area contributed by atoms with E-state index in [0.29, 0.717) is 5.57 Å². The Morgan fingerprint density at radius 3 is 2.63 bits per heavy atom. The molecule has 3 heterocycles. The number of carbonyl (C=O) groups is 1. The van der Waals surface area contributed by atoms with Crippen LogP contribution in [0, 0.1) is 11.8 Å². The molecular formula is C29H34N2O4. The first-order valence-corrected chi connectivity index (χ1v) is 12.5. The predicted octanol–water partition coefficient (Wildman–Crippen LogP) is 5.26. The molecule has 5 rings (SSSR count). The minimum absolute atomic E-state index is 0.0604. The number of carboxylic acids is 1. The number of piperidine rings is 1. The Balaban J connectivity index is 1.67. The van der Waals surface area contributed by atoms with Gasteiger partial charge in [-0.05, 0) is 47.9 Å². The van der Waals surface area contributed by atoms with Gasteiger partial charge >= 0.3 is 5.97 Å². The number of ether oxygens (including phenoxy) is 2. The van der Waals surface area contributed by atoms with Crippen molar-refractivity contribution in [2.24, 2.45) is 11.8 Å². The first-order chi connectivity index (χ1) is 17.1. The van der Waals surface area contributed by atoms with Gasteiger partial charge in [-0.1, -0.05) is 49.7 Å². The van der Waals surface area contributed by atoms with Gasteiger partial charge in [0.15, 0.2) is 0 Å². The van der Waals surface area contributed by atoms with Crippen molar-refractivity contribution in [2.45, 2.75) is 38.8 Å². The van der Waals surface area contributed by atoms with Crippen LogP contribution >= 0.6 is 0 Å². The Hall–Kier alpha value is -3.25. The lowest BCUT2D eigenvalue weighted by Gasteiger charge is -2.47. The van der Waals surface area contributed by atoms with Crippen LogP contribution in [0.15, 0.2) is 60.4 Å². The molecule has 35 heavy (non-hydrogen) atoms. The highest BCUT2D eigenvalue weighted by Gasteiger charge is 2.43. The van der Waals surface area contributed by atoms with E-state index in [-0.39, 0.29) is 17.9 Å². The van der Waals surface area contributed by atoms with Gasteiger partial charge in [0.05, 0.1) is 37.6 Å². The van der Waals surface area contributed by atoms with E-state index in [9.17, 15) is 9.90 Å². The third kappa shape index (κ3) is 4.10. The minimum atomic E-state index is -0.883. The van der Waals surface area contributed by atoms with Crippen molar-refractivity contribution >= 4 is 16.9 Å². The molecule has 6 heteroatoms. The van der Waals surface area contributed by atoms with Crippen LogP contribution in [0.4, 0.5) is 0 Å². The monoisotopic (exact) mass is 474 g/mol. The molecule has 0 radical (unpaired) electrons. The van der Waals surface area contributed by atoms with Crippen LogP contribution in [0.5, 0.6) is 5.75 Å². The Kier molecular flexibility index (Phi) is 6.56. The third-order valence-corrected chi connectivity index (χ3v) is 7.94.